The summed E-state index contributed by atoms with van der Waals surface area (Å²) in [6.45, 7) is 5.72. The van der Waals surface area contributed by atoms with Crippen molar-refractivity contribution >= 4 is 11.6 Å². The minimum absolute atomic E-state index is 0.154. The molecule has 0 saturated carbocycles. The summed E-state index contributed by atoms with van der Waals surface area (Å²) in [4.78, 5) is 15.8. The third-order valence-corrected chi connectivity index (χ3v) is 3.65. The maximum absolute atomic E-state index is 13.5. The molecule has 0 aliphatic heterocycles. The van der Waals surface area contributed by atoms with E-state index in [9.17, 15) is 9.18 Å². The highest BCUT2D eigenvalue weighted by atomic mass is 19.1. The summed E-state index contributed by atoms with van der Waals surface area (Å²) in [6, 6.07) is 1.44. The largest absolute Gasteiger partial charge is 0.323 e. The topological polar surface area (TPSA) is 59.8 Å². The van der Waals surface area contributed by atoms with Crippen LogP contribution in [-0.4, -0.2) is 20.7 Å². The second-order valence-corrected chi connectivity index (χ2v) is 5.22. The van der Waals surface area contributed by atoms with E-state index in [1.54, 1.807) is 4.68 Å². The summed E-state index contributed by atoms with van der Waals surface area (Å²) in [5.41, 5.74) is 3.18. The Kier molecular flexibility index (Phi) is 4.35. The van der Waals surface area contributed by atoms with Crippen molar-refractivity contribution in [2.45, 2.75) is 27.2 Å². The second-order valence-electron chi connectivity index (χ2n) is 5.22. The van der Waals surface area contributed by atoms with Crippen molar-refractivity contribution in [1.82, 2.24) is 14.8 Å². The van der Waals surface area contributed by atoms with Crippen LogP contribution in [0.5, 0.6) is 0 Å². The molecule has 1 N–H and O–H groups in total. The number of halogens is 1. The van der Waals surface area contributed by atoms with Gasteiger partial charge in [-0.05, 0) is 31.9 Å². The molecule has 2 heterocycles. The van der Waals surface area contributed by atoms with Crippen molar-refractivity contribution in [1.29, 1.82) is 0 Å². The van der Waals surface area contributed by atoms with E-state index >= 15 is 0 Å². The van der Waals surface area contributed by atoms with Crippen molar-refractivity contribution in [2.24, 2.45) is 13.0 Å². The van der Waals surface area contributed by atoms with Gasteiger partial charge in [-0.2, -0.15) is 5.10 Å². The molecule has 1 amide bonds. The summed E-state index contributed by atoms with van der Waals surface area (Å²) in [7, 11) is 1.88. The zero-order valence-electron chi connectivity index (χ0n) is 12.6. The molecule has 0 aromatic carbocycles. The third kappa shape index (κ3) is 3.26. The van der Waals surface area contributed by atoms with Gasteiger partial charge in [0.05, 0.1) is 17.6 Å². The molecule has 0 aliphatic carbocycles. The summed E-state index contributed by atoms with van der Waals surface area (Å²) < 4.78 is 15.3. The molecule has 2 aromatic rings. The fourth-order valence-electron chi connectivity index (χ4n) is 2.24. The third-order valence-electron chi connectivity index (χ3n) is 3.65. The first-order valence-corrected chi connectivity index (χ1v) is 6.79. The van der Waals surface area contributed by atoms with Gasteiger partial charge in [-0.1, -0.05) is 6.92 Å². The summed E-state index contributed by atoms with van der Waals surface area (Å²) in [6.07, 6.45) is 3.10. The Morgan fingerprint density at radius 1 is 1.48 bits per heavy atom. The number of nitrogens with one attached hydrogen (secondary N) is 1. The van der Waals surface area contributed by atoms with Gasteiger partial charge in [0.15, 0.2) is 5.82 Å². The number of aromatic nitrogens is 3. The quantitative estimate of drug-likeness (QED) is 0.940. The zero-order valence-corrected chi connectivity index (χ0v) is 12.6. The van der Waals surface area contributed by atoms with Gasteiger partial charge in [0.25, 0.3) is 0 Å². The highest BCUT2D eigenvalue weighted by Crippen LogP contribution is 2.19. The first-order valence-electron chi connectivity index (χ1n) is 6.79. The van der Waals surface area contributed by atoms with Crippen LogP contribution >= 0.6 is 0 Å². The van der Waals surface area contributed by atoms with Crippen molar-refractivity contribution in [3.05, 3.63) is 41.2 Å². The molecule has 0 spiro atoms. The number of carbonyl (C=O) groups excluding carboxylic acids is 1. The van der Waals surface area contributed by atoms with Crippen molar-refractivity contribution < 1.29 is 9.18 Å². The van der Waals surface area contributed by atoms with Gasteiger partial charge < -0.3 is 5.32 Å². The normalized spacial score (nSPS) is 12.2. The van der Waals surface area contributed by atoms with Crippen LogP contribution in [0.2, 0.25) is 0 Å². The van der Waals surface area contributed by atoms with E-state index in [-0.39, 0.29) is 17.5 Å². The lowest BCUT2D eigenvalue weighted by molar-refractivity contribution is -0.119. The fourth-order valence-corrected chi connectivity index (χ4v) is 2.24. The highest BCUT2D eigenvalue weighted by molar-refractivity contribution is 5.92. The number of pyridine rings is 1. The second kappa shape index (κ2) is 6.03. The van der Waals surface area contributed by atoms with Gasteiger partial charge in [0.2, 0.25) is 5.91 Å². The highest BCUT2D eigenvalue weighted by Gasteiger charge is 2.19. The van der Waals surface area contributed by atoms with Gasteiger partial charge in [-0.15, -0.1) is 0 Å². The van der Waals surface area contributed by atoms with Crippen LogP contribution in [-0.2, 0) is 18.3 Å². The van der Waals surface area contributed by atoms with Crippen LogP contribution in [0.3, 0.4) is 0 Å². The number of hydrogen-bond acceptors (Lipinski definition) is 3. The maximum atomic E-state index is 13.5. The number of nitrogens with zero attached hydrogens (tertiary/aromatic N) is 3. The summed E-state index contributed by atoms with van der Waals surface area (Å²) >= 11 is 0. The Hall–Kier alpha value is -2.24. The molecular formula is C15H19FN4O. The van der Waals surface area contributed by atoms with Gasteiger partial charge >= 0.3 is 0 Å². The standard InChI is InChI=1S/C15H19FN4O/c1-9(7-12-10(2)19-20(4)11(12)3)15(21)18-14-5-6-17-8-13(14)16/h5-6,8-9H,7H2,1-4H3,(H,17,18,21). The van der Waals surface area contributed by atoms with Gasteiger partial charge in [0, 0.05) is 24.9 Å². The molecule has 2 aromatic heterocycles. The van der Waals surface area contributed by atoms with Crippen LogP contribution in [0.15, 0.2) is 18.5 Å². The van der Waals surface area contributed by atoms with E-state index in [4.69, 9.17) is 0 Å². The van der Waals surface area contributed by atoms with Crippen LogP contribution in [0, 0.1) is 25.6 Å². The van der Waals surface area contributed by atoms with E-state index in [1.165, 1.54) is 12.3 Å². The van der Waals surface area contributed by atoms with Crippen LogP contribution in [0.25, 0.3) is 0 Å². The van der Waals surface area contributed by atoms with Crippen molar-refractivity contribution in [3.8, 4) is 0 Å². The van der Waals surface area contributed by atoms with Gasteiger partial charge in [-0.25, -0.2) is 4.39 Å². The Morgan fingerprint density at radius 2 is 2.19 bits per heavy atom. The number of carbonyl (C=O) groups is 1. The molecule has 112 valence electrons. The Balaban J connectivity index is 2.08. The molecule has 2 rings (SSSR count). The molecule has 0 fully saturated rings. The lowest BCUT2D eigenvalue weighted by atomic mass is 9.99. The number of hydrogen-bond donors (Lipinski definition) is 1. The smallest absolute Gasteiger partial charge is 0.227 e. The average molecular weight is 290 g/mol. The molecule has 21 heavy (non-hydrogen) atoms. The molecule has 1 unspecified atom stereocenters. The number of aryl methyl sites for hydroxylation is 2. The monoisotopic (exact) mass is 290 g/mol. The van der Waals surface area contributed by atoms with E-state index in [1.807, 2.05) is 27.8 Å². The molecule has 0 radical (unpaired) electrons. The van der Waals surface area contributed by atoms with E-state index in [0.717, 1.165) is 23.1 Å². The fraction of sp³-hybridized carbons (Fsp3) is 0.400. The Morgan fingerprint density at radius 3 is 2.76 bits per heavy atom. The molecule has 5 nitrogen and oxygen atoms in total. The van der Waals surface area contributed by atoms with E-state index < -0.39 is 5.82 Å². The lowest BCUT2D eigenvalue weighted by Crippen LogP contribution is -2.23. The van der Waals surface area contributed by atoms with Crippen molar-refractivity contribution in [2.75, 3.05) is 5.32 Å². The molecule has 1 atom stereocenters. The SMILES string of the molecule is Cc1nn(C)c(C)c1CC(C)C(=O)Nc1ccncc1F. The van der Waals surface area contributed by atoms with Gasteiger partial charge in [0.1, 0.15) is 0 Å². The lowest BCUT2D eigenvalue weighted by Gasteiger charge is -2.13. The number of amides is 1. The number of rotatable bonds is 4. The average Bonchev–Trinajstić information content (AvgIpc) is 2.67. The van der Waals surface area contributed by atoms with Crippen LogP contribution in [0.1, 0.15) is 23.9 Å². The predicted octanol–water partition coefficient (Wildman–Crippen LogP) is 2.39. The predicted molar refractivity (Wildman–Crippen MR) is 78.4 cm³/mol. The minimum Gasteiger partial charge on any atom is -0.323 e. The molecule has 0 bridgehead atoms. The summed E-state index contributed by atoms with van der Waals surface area (Å²) in [5.74, 6) is -1.03. The molecular weight excluding hydrogens is 271 g/mol. The minimum atomic E-state index is -0.535. The van der Waals surface area contributed by atoms with E-state index in [0.29, 0.717) is 6.42 Å². The van der Waals surface area contributed by atoms with Crippen LogP contribution in [0.4, 0.5) is 10.1 Å². The van der Waals surface area contributed by atoms with Gasteiger partial charge in [-0.3, -0.25) is 14.5 Å². The molecule has 6 heteroatoms. The summed E-state index contributed by atoms with van der Waals surface area (Å²) in [5, 5.41) is 6.93. The van der Waals surface area contributed by atoms with E-state index in [2.05, 4.69) is 15.4 Å². The molecule has 0 saturated heterocycles. The van der Waals surface area contributed by atoms with Crippen molar-refractivity contribution in [3.63, 3.8) is 0 Å². The first kappa shape index (κ1) is 15.2. The maximum Gasteiger partial charge on any atom is 0.227 e. The Labute approximate surface area is 123 Å². The number of anilines is 1. The Bertz CT molecular complexity index is 666. The van der Waals surface area contributed by atoms with Crippen LogP contribution < -0.4 is 5.32 Å². The first-order chi connectivity index (χ1) is 9.90. The molecule has 0 aliphatic rings. The zero-order chi connectivity index (χ0) is 15.6.